The van der Waals surface area contributed by atoms with E-state index < -0.39 is 0 Å². The maximum Gasteiger partial charge on any atom is 0.163 e. The molecule has 3 aromatic heterocycles. The highest BCUT2D eigenvalue weighted by Crippen LogP contribution is 2.27. The largest absolute Gasteiger partial charge is 0.383 e. The van der Waals surface area contributed by atoms with Gasteiger partial charge in [-0.3, -0.25) is 4.68 Å². The van der Waals surface area contributed by atoms with Crippen molar-refractivity contribution in [3.63, 3.8) is 0 Å². The Morgan fingerprint density at radius 2 is 1.80 bits per heavy atom. The van der Waals surface area contributed by atoms with Gasteiger partial charge < -0.3 is 5.73 Å². The lowest BCUT2D eigenvalue weighted by atomic mass is 10.1. The molecule has 3 heterocycles. The van der Waals surface area contributed by atoms with E-state index in [9.17, 15) is 0 Å². The maximum absolute atomic E-state index is 6.00. The molecule has 0 radical (unpaired) electrons. The minimum atomic E-state index is 0.458. The summed E-state index contributed by atoms with van der Waals surface area (Å²) in [4.78, 5) is 8.45. The van der Waals surface area contributed by atoms with Crippen LogP contribution >= 0.6 is 0 Å². The molecule has 0 atom stereocenters. The van der Waals surface area contributed by atoms with Gasteiger partial charge in [0.2, 0.25) is 0 Å². The second kappa shape index (κ2) is 5.70. The molecule has 4 aromatic rings. The minimum Gasteiger partial charge on any atom is -0.383 e. The number of nitrogens with two attached hydrogens (primary N) is 1. The number of fused-ring (bicyclic) bond motifs is 1. The van der Waals surface area contributed by atoms with Gasteiger partial charge in [0.1, 0.15) is 12.1 Å². The van der Waals surface area contributed by atoms with Gasteiger partial charge in [-0.25, -0.2) is 14.6 Å². The molecule has 0 saturated heterocycles. The Balaban J connectivity index is 1.87. The number of nitrogens with zero attached hydrogens (tertiary/aromatic N) is 6. The predicted molar refractivity (Wildman–Crippen MR) is 97.0 cm³/mol. The Morgan fingerprint density at radius 3 is 2.56 bits per heavy atom. The second-order valence-corrected chi connectivity index (χ2v) is 6.10. The molecule has 0 aliphatic rings. The van der Waals surface area contributed by atoms with E-state index in [1.165, 1.54) is 6.33 Å². The molecule has 0 saturated carbocycles. The molecule has 0 unspecified atom stereocenters. The van der Waals surface area contributed by atoms with Gasteiger partial charge in [-0.15, -0.1) is 0 Å². The van der Waals surface area contributed by atoms with E-state index in [0.29, 0.717) is 12.4 Å². The highest BCUT2D eigenvalue weighted by molar-refractivity contribution is 5.87. The SMILES string of the molecule is Cc1nn(Cc2c(-c3ccccc3)nn(C)c2C)c2ncnc(N)c12. The molecule has 7 nitrogen and oxygen atoms in total. The summed E-state index contributed by atoms with van der Waals surface area (Å²) in [6, 6.07) is 10.2. The van der Waals surface area contributed by atoms with Crippen molar-refractivity contribution in [2.75, 3.05) is 5.73 Å². The van der Waals surface area contributed by atoms with Crippen LogP contribution in [0.1, 0.15) is 17.0 Å². The van der Waals surface area contributed by atoms with Crippen molar-refractivity contribution in [2.45, 2.75) is 20.4 Å². The van der Waals surface area contributed by atoms with Crippen molar-refractivity contribution in [1.82, 2.24) is 29.5 Å². The first-order valence-electron chi connectivity index (χ1n) is 8.07. The molecular formula is C18H19N7. The monoisotopic (exact) mass is 333 g/mol. The summed E-state index contributed by atoms with van der Waals surface area (Å²) < 4.78 is 3.78. The first-order valence-corrected chi connectivity index (χ1v) is 8.07. The predicted octanol–water partition coefficient (Wildman–Crippen LogP) is 2.47. The molecule has 0 fully saturated rings. The van der Waals surface area contributed by atoms with Crippen LogP contribution in [0.2, 0.25) is 0 Å². The average molecular weight is 333 g/mol. The van der Waals surface area contributed by atoms with Crippen molar-refractivity contribution in [3.8, 4) is 11.3 Å². The Labute approximate surface area is 145 Å². The van der Waals surface area contributed by atoms with Crippen molar-refractivity contribution in [3.05, 3.63) is 53.6 Å². The molecule has 0 aliphatic carbocycles. The standard InChI is InChI=1S/C18H19N7/c1-11-15-17(19)20-10-21-18(15)25(22-11)9-14-12(2)24(3)23-16(14)13-7-5-4-6-8-13/h4-8,10H,9H2,1-3H3,(H2,19,20,21). The third-order valence-electron chi connectivity index (χ3n) is 4.55. The van der Waals surface area contributed by atoms with E-state index in [4.69, 9.17) is 10.8 Å². The number of nitrogen functional groups attached to an aromatic ring is 1. The van der Waals surface area contributed by atoms with Crippen LogP contribution in [-0.4, -0.2) is 29.5 Å². The Hall–Kier alpha value is -3.22. The zero-order valence-electron chi connectivity index (χ0n) is 14.4. The summed E-state index contributed by atoms with van der Waals surface area (Å²) in [6.45, 7) is 4.56. The Morgan fingerprint density at radius 1 is 1.04 bits per heavy atom. The van der Waals surface area contributed by atoms with Crippen LogP contribution in [0.4, 0.5) is 5.82 Å². The number of anilines is 1. The van der Waals surface area contributed by atoms with E-state index >= 15 is 0 Å². The highest BCUT2D eigenvalue weighted by Gasteiger charge is 2.18. The van der Waals surface area contributed by atoms with Crippen molar-refractivity contribution in [1.29, 1.82) is 0 Å². The lowest BCUT2D eigenvalue weighted by molar-refractivity contribution is 0.686. The molecule has 0 bridgehead atoms. The van der Waals surface area contributed by atoms with Gasteiger partial charge in [0, 0.05) is 23.9 Å². The van der Waals surface area contributed by atoms with Gasteiger partial charge in [-0.2, -0.15) is 10.2 Å². The molecule has 1 aromatic carbocycles. The molecule has 4 rings (SSSR count). The fourth-order valence-electron chi connectivity index (χ4n) is 3.14. The molecule has 126 valence electrons. The summed E-state index contributed by atoms with van der Waals surface area (Å²) in [5.74, 6) is 0.458. The number of aryl methyl sites for hydroxylation is 2. The fourth-order valence-corrected chi connectivity index (χ4v) is 3.14. The van der Waals surface area contributed by atoms with E-state index in [1.807, 2.05) is 41.5 Å². The highest BCUT2D eigenvalue weighted by atomic mass is 15.3. The quantitative estimate of drug-likeness (QED) is 0.622. The molecule has 0 aliphatic heterocycles. The number of hydrogen-bond donors (Lipinski definition) is 1. The topological polar surface area (TPSA) is 87.4 Å². The van der Waals surface area contributed by atoms with Crippen LogP contribution in [0.15, 0.2) is 36.7 Å². The first-order chi connectivity index (χ1) is 12.1. The number of benzene rings is 1. The van der Waals surface area contributed by atoms with Gasteiger partial charge in [0.05, 0.1) is 23.3 Å². The summed E-state index contributed by atoms with van der Waals surface area (Å²) in [5.41, 5.74) is 11.8. The number of hydrogen-bond acceptors (Lipinski definition) is 5. The first kappa shape index (κ1) is 15.3. The third-order valence-corrected chi connectivity index (χ3v) is 4.55. The average Bonchev–Trinajstić information content (AvgIpc) is 3.08. The van der Waals surface area contributed by atoms with Crippen LogP contribution < -0.4 is 5.73 Å². The van der Waals surface area contributed by atoms with E-state index in [-0.39, 0.29) is 0 Å². The Bertz CT molecular complexity index is 1060. The molecule has 0 spiro atoms. The van der Waals surface area contributed by atoms with E-state index in [2.05, 4.69) is 34.1 Å². The van der Waals surface area contributed by atoms with Gasteiger partial charge >= 0.3 is 0 Å². The zero-order valence-corrected chi connectivity index (χ0v) is 14.4. The molecular weight excluding hydrogens is 314 g/mol. The van der Waals surface area contributed by atoms with Crippen LogP contribution in [0, 0.1) is 13.8 Å². The second-order valence-electron chi connectivity index (χ2n) is 6.10. The lowest BCUT2D eigenvalue weighted by Crippen LogP contribution is -2.05. The van der Waals surface area contributed by atoms with Crippen LogP contribution in [0.3, 0.4) is 0 Å². The van der Waals surface area contributed by atoms with Crippen LogP contribution in [0.25, 0.3) is 22.3 Å². The minimum absolute atomic E-state index is 0.458. The normalized spacial score (nSPS) is 11.3. The van der Waals surface area contributed by atoms with Crippen molar-refractivity contribution in [2.24, 2.45) is 7.05 Å². The zero-order chi connectivity index (χ0) is 17.6. The molecule has 25 heavy (non-hydrogen) atoms. The molecule has 2 N–H and O–H groups in total. The van der Waals surface area contributed by atoms with Crippen LogP contribution in [-0.2, 0) is 13.6 Å². The van der Waals surface area contributed by atoms with E-state index in [1.54, 1.807) is 0 Å². The summed E-state index contributed by atoms with van der Waals surface area (Å²) in [5, 5.41) is 10.1. The third kappa shape index (κ3) is 2.44. The molecule has 7 heteroatoms. The van der Waals surface area contributed by atoms with Gasteiger partial charge in [-0.1, -0.05) is 30.3 Å². The van der Waals surface area contributed by atoms with Gasteiger partial charge in [-0.05, 0) is 13.8 Å². The number of rotatable bonds is 3. The summed E-state index contributed by atoms with van der Waals surface area (Å²) >= 11 is 0. The summed E-state index contributed by atoms with van der Waals surface area (Å²) in [6.07, 6.45) is 1.48. The number of aromatic nitrogens is 6. The Kier molecular flexibility index (Phi) is 3.49. The lowest BCUT2D eigenvalue weighted by Gasteiger charge is -2.06. The smallest absolute Gasteiger partial charge is 0.163 e. The molecule has 0 amide bonds. The summed E-state index contributed by atoms with van der Waals surface area (Å²) in [7, 11) is 1.96. The fraction of sp³-hybridized carbons (Fsp3) is 0.222. The van der Waals surface area contributed by atoms with Crippen molar-refractivity contribution >= 4 is 16.9 Å². The maximum atomic E-state index is 6.00. The van der Waals surface area contributed by atoms with Gasteiger partial charge in [0.15, 0.2) is 5.65 Å². The van der Waals surface area contributed by atoms with Gasteiger partial charge in [0.25, 0.3) is 0 Å². The van der Waals surface area contributed by atoms with E-state index in [0.717, 1.165) is 39.2 Å². The van der Waals surface area contributed by atoms with Crippen LogP contribution in [0.5, 0.6) is 0 Å². The van der Waals surface area contributed by atoms with Crippen molar-refractivity contribution < 1.29 is 0 Å².